The fourth-order valence-corrected chi connectivity index (χ4v) is 4.30. The second kappa shape index (κ2) is 8.01. The van der Waals surface area contributed by atoms with E-state index in [1.165, 1.54) is 6.08 Å². The lowest BCUT2D eigenvalue weighted by Gasteiger charge is -2.17. The molecular formula is C25H31FO4. The number of hydrogen-bond acceptors (Lipinski definition) is 4. The molecule has 30 heavy (non-hydrogen) atoms. The second-order valence-corrected chi connectivity index (χ2v) is 9.71. The van der Waals surface area contributed by atoms with E-state index in [1.54, 1.807) is 26.8 Å². The van der Waals surface area contributed by atoms with Crippen molar-refractivity contribution < 1.29 is 23.5 Å². The van der Waals surface area contributed by atoms with Crippen molar-refractivity contribution in [2.45, 2.75) is 65.8 Å². The number of allylic oxidation sites excluding steroid dienone is 2. The van der Waals surface area contributed by atoms with Gasteiger partial charge in [-0.3, -0.25) is 4.79 Å². The van der Waals surface area contributed by atoms with Crippen LogP contribution >= 0.6 is 0 Å². The first-order valence-electron chi connectivity index (χ1n) is 10.5. The molecule has 1 aromatic rings. The zero-order valence-electron chi connectivity index (χ0n) is 18.6. The van der Waals surface area contributed by atoms with Gasteiger partial charge in [-0.15, -0.1) is 0 Å². The van der Waals surface area contributed by atoms with Crippen LogP contribution in [0.15, 0.2) is 36.4 Å². The standard InChI is InChI=1S/C25H31FO4/c1-7-9-15-10-8-11-16-17(15)14-19(26)22(16)29-23(28)21-18(25(21,5)6)12-13-20(27)30-24(2,3)4/h7-13,18-19,21-22H,14H2,1-6H3/t18-,19?,21-,22?/m0/s1. The van der Waals surface area contributed by atoms with Crippen LogP contribution < -0.4 is 0 Å². The van der Waals surface area contributed by atoms with Gasteiger partial charge in [0.15, 0.2) is 6.10 Å². The van der Waals surface area contributed by atoms with Gasteiger partial charge in [0.25, 0.3) is 0 Å². The molecule has 4 atom stereocenters. The Morgan fingerprint density at radius 3 is 2.57 bits per heavy atom. The van der Waals surface area contributed by atoms with E-state index in [1.807, 2.05) is 51.1 Å². The van der Waals surface area contributed by atoms with E-state index in [4.69, 9.17) is 9.47 Å². The Bertz CT molecular complexity index is 891. The van der Waals surface area contributed by atoms with E-state index < -0.39 is 35.7 Å². The number of carbonyl (C=O) groups is 2. The molecule has 0 aromatic heterocycles. The molecular weight excluding hydrogens is 383 g/mol. The van der Waals surface area contributed by atoms with Crippen molar-refractivity contribution in [2.24, 2.45) is 17.3 Å². The number of hydrogen-bond donors (Lipinski definition) is 0. The Balaban J connectivity index is 1.70. The van der Waals surface area contributed by atoms with Crippen molar-refractivity contribution in [1.29, 1.82) is 0 Å². The molecule has 2 aliphatic rings. The van der Waals surface area contributed by atoms with E-state index in [0.717, 1.165) is 16.7 Å². The van der Waals surface area contributed by atoms with Crippen molar-refractivity contribution in [3.63, 3.8) is 0 Å². The molecule has 0 heterocycles. The molecule has 162 valence electrons. The number of halogens is 1. The quantitative estimate of drug-likeness (QED) is 0.480. The number of carbonyl (C=O) groups excluding carboxylic acids is 2. The van der Waals surface area contributed by atoms with E-state index >= 15 is 0 Å². The van der Waals surface area contributed by atoms with E-state index in [-0.39, 0.29) is 17.8 Å². The Morgan fingerprint density at radius 2 is 1.93 bits per heavy atom. The van der Waals surface area contributed by atoms with Gasteiger partial charge < -0.3 is 9.47 Å². The normalized spacial score (nSPS) is 27.3. The molecule has 0 bridgehead atoms. The summed E-state index contributed by atoms with van der Waals surface area (Å²) in [5.41, 5.74) is 1.68. The first-order chi connectivity index (χ1) is 14.0. The molecule has 0 spiro atoms. The van der Waals surface area contributed by atoms with Crippen molar-refractivity contribution in [3.05, 3.63) is 53.1 Å². The largest absolute Gasteiger partial charge is 0.457 e. The van der Waals surface area contributed by atoms with E-state index in [9.17, 15) is 14.0 Å². The molecule has 1 saturated carbocycles. The summed E-state index contributed by atoms with van der Waals surface area (Å²) in [4.78, 5) is 24.8. The summed E-state index contributed by atoms with van der Waals surface area (Å²) in [6, 6.07) is 5.63. The lowest BCUT2D eigenvalue weighted by molar-refractivity contribution is -0.155. The minimum atomic E-state index is -1.26. The number of ether oxygens (including phenoxy) is 2. The molecule has 2 unspecified atom stereocenters. The molecule has 0 amide bonds. The first-order valence-corrected chi connectivity index (χ1v) is 10.5. The zero-order valence-corrected chi connectivity index (χ0v) is 18.6. The Morgan fingerprint density at radius 1 is 1.23 bits per heavy atom. The molecule has 0 aliphatic heterocycles. The highest BCUT2D eigenvalue weighted by Crippen LogP contribution is 2.60. The summed E-state index contributed by atoms with van der Waals surface area (Å²) in [5, 5.41) is 0. The van der Waals surface area contributed by atoms with Gasteiger partial charge in [-0.2, -0.15) is 0 Å². The van der Waals surface area contributed by atoms with E-state index in [2.05, 4.69) is 0 Å². The molecule has 0 radical (unpaired) electrons. The van der Waals surface area contributed by atoms with Crippen LogP contribution in [0.4, 0.5) is 4.39 Å². The predicted octanol–water partition coefficient (Wildman–Crippen LogP) is 5.37. The molecule has 0 saturated heterocycles. The molecule has 0 N–H and O–H groups in total. The molecule has 1 aromatic carbocycles. The number of benzene rings is 1. The highest BCUT2D eigenvalue weighted by atomic mass is 19.1. The smallest absolute Gasteiger partial charge is 0.330 e. The maximum atomic E-state index is 14.8. The van der Waals surface area contributed by atoms with Crippen molar-refractivity contribution in [2.75, 3.05) is 0 Å². The number of esters is 2. The SMILES string of the molecule is CC=Cc1cccc2c1CC(F)C2OC(=O)[C@@H]1[C@H](C=CC(=O)OC(C)(C)C)C1(C)C. The third-order valence-electron chi connectivity index (χ3n) is 5.88. The van der Waals surface area contributed by atoms with Crippen LogP contribution in [-0.4, -0.2) is 23.7 Å². The number of alkyl halides is 1. The zero-order chi connectivity index (χ0) is 22.3. The fourth-order valence-electron chi connectivity index (χ4n) is 4.30. The van der Waals surface area contributed by atoms with Crippen molar-refractivity contribution in [3.8, 4) is 0 Å². The van der Waals surface area contributed by atoms with Crippen LogP contribution in [0.3, 0.4) is 0 Å². The first kappa shape index (κ1) is 22.3. The maximum absolute atomic E-state index is 14.8. The molecule has 4 nitrogen and oxygen atoms in total. The van der Waals surface area contributed by atoms with Crippen molar-refractivity contribution >= 4 is 18.0 Å². The summed E-state index contributed by atoms with van der Waals surface area (Å²) >= 11 is 0. The van der Waals surface area contributed by atoms with Crippen LogP contribution in [0.2, 0.25) is 0 Å². The van der Waals surface area contributed by atoms with Gasteiger partial charge in [0, 0.05) is 12.5 Å². The number of rotatable bonds is 5. The summed E-state index contributed by atoms with van der Waals surface area (Å²) in [7, 11) is 0. The summed E-state index contributed by atoms with van der Waals surface area (Å²) < 4.78 is 25.7. The molecule has 3 rings (SSSR count). The average molecular weight is 415 g/mol. The van der Waals surface area contributed by atoms with Gasteiger partial charge in [-0.25, -0.2) is 9.18 Å². The summed E-state index contributed by atoms with van der Waals surface area (Å²) in [6.07, 6.45) is 5.03. The minimum Gasteiger partial charge on any atom is -0.457 e. The van der Waals surface area contributed by atoms with Gasteiger partial charge in [-0.05, 0) is 55.7 Å². The van der Waals surface area contributed by atoms with Crippen LogP contribution in [0.5, 0.6) is 0 Å². The monoisotopic (exact) mass is 414 g/mol. The van der Waals surface area contributed by atoms with Crippen LogP contribution in [0.25, 0.3) is 6.08 Å². The van der Waals surface area contributed by atoms with Crippen molar-refractivity contribution in [1.82, 2.24) is 0 Å². The molecule has 2 aliphatic carbocycles. The van der Waals surface area contributed by atoms with Crippen LogP contribution in [-0.2, 0) is 25.5 Å². The highest BCUT2D eigenvalue weighted by Gasteiger charge is 2.62. The fraction of sp³-hybridized carbons (Fsp3) is 0.520. The highest BCUT2D eigenvalue weighted by molar-refractivity contribution is 5.84. The van der Waals surface area contributed by atoms with Crippen LogP contribution in [0, 0.1) is 17.3 Å². The average Bonchev–Trinajstić information content (AvgIpc) is 3.03. The third-order valence-corrected chi connectivity index (χ3v) is 5.88. The minimum absolute atomic E-state index is 0.147. The summed E-state index contributed by atoms with van der Waals surface area (Å²) in [6.45, 7) is 11.2. The third kappa shape index (κ3) is 4.50. The lowest BCUT2D eigenvalue weighted by Crippen LogP contribution is -2.22. The topological polar surface area (TPSA) is 52.6 Å². The second-order valence-electron chi connectivity index (χ2n) is 9.71. The van der Waals surface area contributed by atoms with Gasteiger partial charge in [-0.1, -0.05) is 50.3 Å². The van der Waals surface area contributed by atoms with Gasteiger partial charge >= 0.3 is 11.9 Å². The van der Waals surface area contributed by atoms with E-state index in [0.29, 0.717) is 0 Å². The predicted molar refractivity (Wildman–Crippen MR) is 114 cm³/mol. The maximum Gasteiger partial charge on any atom is 0.330 e. The molecule has 1 fully saturated rings. The van der Waals surface area contributed by atoms with Gasteiger partial charge in [0.2, 0.25) is 0 Å². The van der Waals surface area contributed by atoms with Gasteiger partial charge in [0.05, 0.1) is 5.92 Å². The van der Waals surface area contributed by atoms with Crippen LogP contribution in [0.1, 0.15) is 64.3 Å². The summed E-state index contributed by atoms with van der Waals surface area (Å²) in [5.74, 6) is -1.42. The Kier molecular flexibility index (Phi) is 5.94. The Labute approximate surface area is 178 Å². The number of fused-ring (bicyclic) bond motifs is 1. The molecule has 5 heteroatoms. The lowest BCUT2D eigenvalue weighted by atomic mass is 10.0. The van der Waals surface area contributed by atoms with Gasteiger partial charge in [0.1, 0.15) is 11.8 Å². The Hall–Kier alpha value is -2.43.